The van der Waals surface area contributed by atoms with Crippen molar-refractivity contribution >= 4 is 22.8 Å². The highest BCUT2D eigenvalue weighted by molar-refractivity contribution is 5.93. The first-order chi connectivity index (χ1) is 14.1. The molecule has 0 aliphatic rings. The molecule has 29 heavy (non-hydrogen) atoms. The summed E-state index contributed by atoms with van der Waals surface area (Å²) in [5.74, 6) is -0.773. The number of nitrogens with one attached hydrogen (secondary N) is 2. The van der Waals surface area contributed by atoms with Gasteiger partial charge in [0.1, 0.15) is 0 Å². The molecule has 2 heterocycles. The van der Waals surface area contributed by atoms with Crippen LogP contribution in [0.1, 0.15) is 23.9 Å². The molecule has 0 unspecified atom stereocenters. The van der Waals surface area contributed by atoms with Crippen molar-refractivity contribution in [3.63, 3.8) is 0 Å². The van der Waals surface area contributed by atoms with Crippen LogP contribution in [0.2, 0.25) is 0 Å². The number of aryl methyl sites for hydroxylation is 1. The normalized spacial score (nSPS) is 12.0. The topological polar surface area (TPSA) is 121 Å². The van der Waals surface area contributed by atoms with Gasteiger partial charge in [-0.05, 0) is 17.7 Å². The Morgan fingerprint density at radius 2 is 1.93 bits per heavy atom. The number of rotatable bonds is 7. The molecule has 0 aliphatic heterocycles. The van der Waals surface area contributed by atoms with E-state index in [1.165, 1.54) is 0 Å². The number of carbonyl (C=O) groups is 2. The molecule has 3 N–H and O–H groups in total. The Balaban J connectivity index is 1.41. The predicted octanol–water partition coefficient (Wildman–Crippen LogP) is 3.09. The average molecular weight is 390 g/mol. The standard InChI is InChI=1S/C21H18N4O4/c26-17(23-19(21(27)28)13-5-2-1-3-6-13)9-10-18-24-20(25-29-18)15-7-4-8-16-14(15)11-12-22-16/h1-8,11-12,19,22H,9-10H2,(H,23,26)(H,27,28)/t19-/m0/s1. The first-order valence-electron chi connectivity index (χ1n) is 9.08. The van der Waals surface area contributed by atoms with Gasteiger partial charge in [0.05, 0.1) is 0 Å². The van der Waals surface area contributed by atoms with E-state index in [0.29, 0.717) is 17.3 Å². The van der Waals surface area contributed by atoms with Crippen LogP contribution in [-0.4, -0.2) is 32.1 Å². The number of aromatic amines is 1. The number of carboxylic acids is 1. The smallest absolute Gasteiger partial charge is 0.330 e. The average Bonchev–Trinajstić information content (AvgIpc) is 3.40. The molecule has 4 aromatic rings. The lowest BCUT2D eigenvalue weighted by molar-refractivity contribution is -0.142. The molecule has 0 spiro atoms. The summed E-state index contributed by atoms with van der Waals surface area (Å²) in [5.41, 5.74) is 2.31. The van der Waals surface area contributed by atoms with Crippen molar-refractivity contribution in [3.05, 3.63) is 72.2 Å². The van der Waals surface area contributed by atoms with Crippen LogP contribution in [0.5, 0.6) is 0 Å². The van der Waals surface area contributed by atoms with E-state index in [-0.39, 0.29) is 12.8 Å². The minimum atomic E-state index is -1.12. The molecule has 146 valence electrons. The molecule has 1 amide bonds. The largest absolute Gasteiger partial charge is 0.479 e. The third-order valence-corrected chi connectivity index (χ3v) is 4.56. The van der Waals surface area contributed by atoms with E-state index in [4.69, 9.17) is 4.52 Å². The molecule has 8 heteroatoms. The minimum Gasteiger partial charge on any atom is -0.479 e. The van der Waals surface area contributed by atoms with Crippen molar-refractivity contribution < 1.29 is 19.2 Å². The van der Waals surface area contributed by atoms with Gasteiger partial charge in [-0.25, -0.2) is 4.79 Å². The fourth-order valence-electron chi connectivity index (χ4n) is 3.13. The zero-order valence-electron chi connectivity index (χ0n) is 15.3. The molecule has 1 atom stereocenters. The van der Waals surface area contributed by atoms with Gasteiger partial charge in [0, 0.05) is 35.5 Å². The van der Waals surface area contributed by atoms with Gasteiger partial charge < -0.3 is 19.9 Å². The molecule has 2 aromatic heterocycles. The molecule has 0 saturated heterocycles. The number of amides is 1. The SMILES string of the molecule is O=C(CCc1nc(-c2cccc3[nH]ccc23)no1)N[C@H](C(=O)O)c1ccccc1. The maximum Gasteiger partial charge on any atom is 0.330 e. The number of fused-ring (bicyclic) bond motifs is 1. The Bertz CT molecular complexity index is 1150. The number of carbonyl (C=O) groups excluding carboxylic acids is 1. The van der Waals surface area contributed by atoms with Gasteiger partial charge in [0.2, 0.25) is 17.6 Å². The van der Waals surface area contributed by atoms with Gasteiger partial charge in [0.25, 0.3) is 0 Å². The Hall–Kier alpha value is -3.94. The quantitative estimate of drug-likeness (QED) is 0.446. The zero-order chi connectivity index (χ0) is 20.2. The van der Waals surface area contributed by atoms with Crippen LogP contribution >= 0.6 is 0 Å². The number of hydrogen-bond acceptors (Lipinski definition) is 5. The maximum atomic E-state index is 12.3. The second-order valence-electron chi connectivity index (χ2n) is 6.51. The van der Waals surface area contributed by atoms with Crippen LogP contribution in [0.25, 0.3) is 22.3 Å². The highest BCUT2D eigenvalue weighted by Crippen LogP contribution is 2.26. The highest BCUT2D eigenvalue weighted by atomic mass is 16.5. The summed E-state index contributed by atoms with van der Waals surface area (Å²) in [6.07, 6.45) is 2.08. The minimum absolute atomic E-state index is 0.0343. The number of H-pyrrole nitrogens is 1. The van der Waals surface area contributed by atoms with E-state index in [0.717, 1.165) is 16.5 Å². The van der Waals surface area contributed by atoms with Crippen molar-refractivity contribution in [3.8, 4) is 11.4 Å². The van der Waals surface area contributed by atoms with Crippen LogP contribution in [-0.2, 0) is 16.0 Å². The van der Waals surface area contributed by atoms with Crippen LogP contribution in [0, 0.1) is 0 Å². The lowest BCUT2D eigenvalue weighted by atomic mass is 10.1. The van der Waals surface area contributed by atoms with E-state index in [2.05, 4.69) is 20.4 Å². The lowest BCUT2D eigenvalue weighted by Gasteiger charge is -2.14. The Labute approximate surface area is 165 Å². The summed E-state index contributed by atoms with van der Waals surface area (Å²) in [4.78, 5) is 31.2. The number of nitrogens with zero attached hydrogens (tertiary/aromatic N) is 2. The first kappa shape index (κ1) is 18.4. The van der Waals surface area contributed by atoms with E-state index < -0.39 is 17.9 Å². The van der Waals surface area contributed by atoms with Crippen molar-refractivity contribution in [2.45, 2.75) is 18.9 Å². The van der Waals surface area contributed by atoms with Crippen LogP contribution in [0.3, 0.4) is 0 Å². The van der Waals surface area contributed by atoms with Crippen LogP contribution in [0.15, 0.2) is 65.3 Å². The van der Waals surface area contributed by atoms with Crippen molar-refractivity contribution in [2.75, 3.05) is 0 Å². The molecule has 0 saturated carbocycles. The number of aromatic nitrogens is 3. The molecule has 8 nitrogen and oxygen atoms in total. The second kappa shape index (κ2) is 7.97. The molecule has 0 bridgehead atoms. The van der Waals surface area contributed by atoms with Crippen molar-refractivity contribution in [1.82, 2.24) is 20.4 Å². The molecule has 4 rings (SSSR count). The predicted molar refractivity (Wildman–Crippen MR) is 105 cm³/mol. The van der Waals surface area contributed by atoms with E-state index >= 15 is 0 Å². The zero-order valence-corrected chi connectivity index (χ0v) is 15.3. The second-order valence-corrected chi connectivity index (χ2v) is 6.51. The Morgan fingerprint density at radius 3 is 2.72 bits per heavy atom. The van der Waals surface area contributed by atoms with Gasteiger partial charge in [-0.2, -0.15) is 4.98 Å². The van der Waals surface area contributed by atoms with Crippen molar-refractivity contribution in [1.29, 1.82) is 0 Å². The monoisotopic (exact) mass is 390 g/mol. The van der Waals surface area contributed by atoms with Gasteiger partial charge in [-0.3, -0.25) is 4.79 Å². The number of carboxylic acid groups (broad SMARTS) is 1. The number of benzene rings is 2. The molecule has 0 fully saturated rings. The Morgan fingerprint density at radius 1 is 1.10 bits per heavy atom. The maximum absolute atomic E-state index is 12.3. The van der Waals surface area contributed by atoms with E-state index in [9.17, 15) is 14.7 Å². The number of hydrogen-bond donors (Lipinski definition) is 3. The molecular formula is C21H18N4O4. The summed E-state index contributed by atoms with van der Waals surface area (Å²) in [6.45, 7) is 0. The van der Waals surface area contributed by atoms with Gasteiger partial charge >= 0.3 is 5.97 Å². The molecule has 2 aromatic carbocycles. The summed E-state index contributed by atoms with van der Waals surface area (Å²) in [5, 5.41) is 16.9. The fourth-order valence-corrected chi connectivity index (χ4v) is 3.13. The fraction of sp³-hybridized carbons (Fsp3) is 0.143. The van der Waals surface area contributed by atoms with Gasteiger partial charge in [-0.15, -0.1) is 0 Å². The van der Waals surface area contributed by atoms with Gasteiger partial charge in [-0.1, -0.05) is 47.6 Å². The first-order valence-corrected chi connectivity index (χ1v) is 9.08. The highest BCUT2D eigenvalue weighted by Gasteiger charge is 2.22. The summed E-state index contributed by atoms with van der Waals surface area (Å²) in [6, 6.07) is 15.1. The van der Waals surface area contributed by atoms with E-state index in [1.54, 1.807) is 30.3 Å². The Kier molecular flexibility index (Phi) is 5.07. The third kappa shape index (κ3) is 4.01. The van der Waals surface area contributed by atoms with Crippen molar-refractivity contribution in [2.24, 2.45) is 0 Å². The van der Waals surface area contributed by atoms with Gasteiger partial charge in [0.15, 0.2) is 6.04 Å². The molecule has 0 aliphatic carbocycles. The number of aliphatic carboxylic acids is 1. The lowest BCUT2D eigenvalue weighted by Crippen LogP contribution is -2.33. The summed E-state index contributed by atoms with van der Waals surface area (Å²) in [7, 11) is 0. The summed E-state index contributed by atoms with van der Waals surface area (Å²) >= 11 is 0. The van der Waals surface area contributed by atoms with E-state index in [1.807, 2.05) is 30.5 Å². The van der Waals surface area contributed by atoms with Crippen LogP contribution in [0.4, 0.5) is 0 Å². The summed E-state index contributed by atoms with van der Waals surface area (Å²) < 4.78 is 5.26. The van der Waals surface area contributed by atoms with Crippen LogP contribution < -0.4 is 5.32 Å². The third-order valence-electron chi connectivity index (χ3n) is 4.56. The molecule has 0 radical (unpaired) electrons. The molecular weight excluding hydrogens is 372 g/mol.